The molecule has 2 unspecified atom stereocenters. The molecule has 0 saturated carbocycles. The lowest BCUT2D eigenvalue weighted by Gasteiger charge is -2.19. The summed E-state index contributed by atoms with van der Waals surface area (Å²) in [5, 5.41) is 9.01. The van der Waals surface area contributed by atoms with Crippen molar-refractivity contribution in [2.45, 2.75) is 78.4 Å². The van der Waals surface area contributed by atoms with Crippen LogP contribution in [0.1, 0.15) is 60.3 Å². The molecular formula is C18H35N3O3. The Morgan fingerprint density at radius 2 is 1.58 bits per heavy atom. The fraction of sp³-hybridized carbons (Fsp3) is 0.833. The van der Waals surface area contributed by atoms with Crippen LogP contribution >= 0.6 is 0 Å². The number of carbonyl (C=O) groups is 3. The summed E-state index contributed by atoms with van der Waals surface area (Å²) < 4.78 is 0. The van der Waals surface area contributed by atoms with E-state index < -0.39 is 6.04 Å². The van der Waals surface area contributed by atoms with Gasteiger partial charge in [0.2, 0.25) is 5.91 Å². The first-order valence-electron chi connectivity index (χ1n) is 8.93. The van der Waals surface area contributed by atoms with E-state index in [1.165, 1.54) is 0 Å². The third kappa shape index (κ3) is 9.78. The molecule has 1 amide bonds. The van der Waals surface area contributed by atoms with Gasteiger partial charge in [-0.05, 0) is 33.2 Å². The molecule has 2 atom stereocenters. The summed E-state index contributed by atoms with van der Waals surface area (Å²) in [4.78, 5) is 35.4. The first kappa shape index (κ1) is 22.7. The lowest BCUT2D eigenvalue weighted by Crippen LogP contribution is -2.41. The Labute approximate surface area is 146 Å². The largest absolute Gasteiger partial charge is 0.356 e. The maximum absolute atomic E-state index is 11.9. The van der Waals surface area contributed by atoms with Crippen LogP contribution in [0.3, 0.4) is 0 Å². The fourth-order valence-corrected chi connectivity index (χ4v) is 2.51. The average molecular weight is 341 g/mol. The van der Waals surface area contributed by atoms with E-state index in [4.69, 9.17) is 0 Å². The Morgan fingerprint density at radius 1 is 0.958 bits per heavy atom. The number of hydrogen-bond acceptors (Lipinski definition) is 5. The first-order chi connectivity index (χ1) is 11.2. The zero-order chi connectivity index (χ0) is 18.7. The van der Waals surface area contributed by atoms with Crippen LogP contribution in [0.5, 0.6) is 0 Å². The molecule has 0 spiro atoms. The number of nitrogens with one attached hydrogen (secondary N) is 3. The smallest absolute Gasteiger partial charge is 0.222 e. The zero-order valence-corrected chi connectivity index (χ0v) is 16.1. The van der Waals surface area contributed by atoms with Gasteiger partial charge in [-0.15, -0.1) is 0 Å². The lowest BCUT2D eigenvalue weighted by molar-refractivity contribution is -0.128. The molecule has 0 fully saturated rings. The molecule has 0 radical (unpaired) electrons. The second-order valence-electron chi connectivity index (χ2n) is 6.93. The molecule has 24 heavy (non-hydrogen) atoms. The standard InChI is InChI=1S/C18H35N3O3/c1-12(2)18(24)16(19-6)11-17(23)20-10-8-7-9-15(14(5)22)21-13(3)4/h12-13,15-16,19,21H,7-11H2,1-6H3,(H,20,23). The van der Waals surface area contributed by atoms with Crippen molar-refractivity contribution in [2.24, 2.45) is 5.92 Å². The van der Waals surface area contributed by atoms with Crippen LogP contribution in [0.25, 0.3) is 0 Å². The predicted octanol–water partition coefficient (Wildman–Crippen LogP) is 1.43. The van der Waals surface area contributed by atoms with Crippen LogP contribution in [0, 0.1) is 5.92 Å². The highest BCUT2D eigenvalue weighted by atomic mass is 16.2. The molecule has 3 N–H and O–H groups in total. The number of amides is 1. The van der Waals surface area contributed by atoms with Crippen molar-refractivity contribution in [3.8, 4) is 0 Å². The number of hydrogen-bond donors (Lipinski definition) is 3. The van der Waals surface area contributed by atoms with E-state index in [1.54, 1.807) is 14.0 Å². The molecule has 6 nitrogen and oxygen atoms in total. The lowest BCUT2D eigenvalue weighted by atomic mass is 9.99. The molecule has 0 aliphatic rings. The van der Waals surface area contributed by atoms with Gasteiger partial charge in [0.05, 0.1) is 12.1 Å². The molecule has 0 aromatic heterocycles. The van der Waals surface area contributed by atoms with E-state index in [9.17, 15) is 14.4 Å². The van der Waals surface area contributed by atoms with Crippen LogP contribution in [0.2, 0.25) is 0 Å². The number of Topliss-reactive ketones (excluding diaryl/α,β-unsaturated/α-hetero) is 2. The van der Waals surface area contributed by atoms with Gasteiger partial charge in [0.15, 0.2) is 5.78 Å². The first-order valence-corrected chi connectivity index (χ1v) is 8.93. The van der Waals surface area contributed by atoms with Crippen molar-refractivity contribution in [3.05, 3.63) is 0 Å². The van der Waals surface area contributed by atoms with E-state index in [1.807, 2.05) is 27.7 Å². The monoisotopic (exact) mass is 341 g/mol. The van der Waals surface area contributed by atoms with E-state index in [-0.39, 0.29) is 41.9 Å². The summed E-state index contributed by atoms with van der Waals surface area (Å²) in [5.41, 5.74) is 0. The molecular weight excluding hydrogens is 306 g/mol. The third-order valence-electron chi connectivity index (χ3n) is 3.92. The molecule has 0 aromatic carbocycles. The van der Waals surface area contributed by atoms with Crippen molar-refractivity contribution < 1.29 is 14.4 Å². The maximum Gasteiger partial charge on any atom is 0.222 e. The van der Waals surface area contributed by atoms with Crippen molar-refractivity contribution >= 4 is 17.5 Å². The Balaban J connectivity index is 4.04. The van der Waals surface area contributed by atoms with Crippen molar-refractivity contribution in [1.29, 1.82) is 0 Å². The van der Waals surface area contributed by atoms with Gasteiger partial charge in [-0.25, -0.2) is 0 Å². The van der Waals surface area contributed by atoms with Gasteiger partial charge in [0.1, 0.15) is 5.78 Å². The summed E-state index contributed by atoms with van der Waals surface area (Å²) in [7, 11) is 1.70. The summed E-state index contributed by atoms with van der Waals surface area (Å²) in [6.45, 7) is 9.88. The molecule has 0 saturated heterocycles. The molecule has 0 rings (SSSR count). The number of rotatable bonds is 13. The van der Waals surface area contributed by atoms with Gasteiger partial charge in [0, 0.05) is 24.9 Å². The summed E-state index contributed by atoms with van der Waals surface area (Å²) >= 11 is 0. The highest BCUT2D eigenvalue weighted by Gasteiger charge is 2.22. The Hall–Kier alpha value is -1.27. The van der Waals surface area contributed by atoms with Gasteiger partial charge in [-0.1, -0.05) is 27.7 Å². The number of unbranched alkanes of at least 4 members (excludes halogenated alkanes) is 1. The molecule has 0 aromatic rings. The quantitative estimate of drug-likeness (QED) is 0.441. The van der Waals surface area contributed by atoms with Crippen molar-refractivity contribution in [3.63, 3.8) is 0 Å². The highest BCUT2D eigenvalue weighted by Crippen LogP contribution is 2.05. The SMILES string of the molecule is CNC(CC(=O)NCCCCC(NC(C)C)C(C)=O)C(=O)C(C)C. The molecule has 140 valence electrons. The van der Waals surface area contributed by atoms with Crippen LogP contribution in [-0.4, -0.2) is 49.2 Å². The summed E-state index contributed by atoms with van der Waals surface area (Å²) in [5.74, 6) is -0.00694. The second-order valence-corrected chi connectivity index (χ2v) is 6.93. The normalized spacial score (nSPS) is 13.8. The van der Waals surface area contributed by atoms with Crippen LogP contribution < -0.4 is 16.0 Å². The van der Waals surface area contributed by atoms with Gasteiger partial charge < -0.3 is 16.0 Å². The van der Waals surface area contributed by atoms with Gasteiger partial charge in [0.25, 0.3) is 0 Å². The Morgan fingerprint density at radius 3 is 2.04 bits per heavy atom. The maximum atomic E-state index is 11.9. The predicted molar refractivity (Wildman–Crippen MR) is 96.9 cm³/mol. The minimum atomic E-state index is -0.428. The third-order valence-corrected chi connectivity index (χ3v) is 3.92. The Kier molecular flexibility index (Phi) is 11.5. The van der Waals surface area contributed by atoms with Crippen LogP contribution in [0.15, 0.2) is 0 Å². The second kappa shape index (κ2) is 12.1. The number of ketones is 2. The molecule has 0 bridgehead atoms. The highest BCUT2D eigenvalue weighted by molar-refractivity contribution is 5.90. The van der Waals surface area contributed by atoms with Gasteiger partial charge in [-0.3, -0.25) is 14.4 Å². The zero-order valence-electron chi connectivity index (χ0n) is 16.1. The van der Waals surface area contributed by atoms with Crippen LogP contribution in [0.4, 0.5) is 0 Å². The van der Waals surface area contributed by atoms with Gasteiger partial charge >= 0.3 is 0 Å². The Bertz CT molecular complexity index is 408. The molecule has 0 aliphatic heterocycles. The van der Waals surface area contributed by atoms with E-state index in [0.717, 1.165) is 19.3 Å². The average Bonchev–Trinajstić information content (AvgIpc) is 2.49. The number of carbonyl (C=O) groups excluding carboxylic acids is 3. The molecule has 0 heterocycles. The topological polar surface area (TPSA) is 87.3 Å². The summed E-state index contributed by atoms with van der Waals surface area (Å²) in [6, 6.07) is -0.268. The minimum absolute atomic E-state index is 0.0525. The van der Waals surface area contributed by atoms with E-state index in [0.29, 0.717) is 6.54 Å². The van der Waals surface area contributed by atoms with Crippen molar-refractivity contribution in [1.82, 2.24) is 16.0 Å². The van der Waals surface area contributed by atoms with Crippen LogP contribution in [-0.2, 0) is 14.4 Å². The van der Waals surface area contributed by atoms with Crippen molar-refractivity contribution in [2.75, 3.05) is 13.6 Å². The van der Waals surface area contributed by atoms with E-state index >= 15 is 0 Å². The van der Waals surface area contributed by atoms with Gasteiger partial charge in [-0.2, -0.15) is 0 Å². The number of likely N-dealkylation sites (N-methyl/N-ethyl adjacent to an activating group) is 1. The summed E-state index contributed by atoms with van der Waals surface area (Å²) in [6.07, 6.45) is 2.62. The molecule has 6 heteroatoms. The van der Waals surface area contributed by atoms with E-state index in [2.05, 4.69) is 16.0 Å². The molecule has 0 aliphatic carbocycles. The minimum Gasteiger partial charge on any atom is -0.356 e. The fourth-order valence-electron chi connectivity index (χ4n) is 2.51.